The first-order valence-corrected chi connectivity index (χ1v) is 4.78. The molecule has 0 aliphatic carbocycles. The van der Waals surface area contributed by atoms with Crippen molar-refractivity contribution in [3.8, 4) is 0 Å². The lowest BCUT2D eigenvalue weighted by molar-refractivity contribution is 1.26. The van der Waals surface area contributed by atoms with Crippen molar-refractivity contribution in [2.45, 2.75) is 6.42 Å². The minimum absolute atomic E-state index is 0.502. The molecule has 2 N–H and O–H groups in total. The van der Waals surface area contributed by atoms with Crippen molar-refractivity contribution in [2.24, 2.45) is 5.73 Å². The average molecular weight is 202 g/mol. The normalized spacial score (nSPS) is 10.3. The molecule has 0 spiro atoms. The maximum Gasteiger partial charge on any atom is 0.0772 e. The second-order valence-corrected chi connectivity index (χ2v) is 3.70. The monoisotopic (exact) mass is 202 g/mol. The maximum atomic E-state index is 5.47. The van der Waals surface area contributed by atoms with Crippen molar-refractivity contribution in [3.63, 3.8) is 0 Å². The van der Waals surface area contributed by atoms with Crippen molar-refractivity contribution < 1.29 is 0 Å². The van der Waals surface area contributed by atoms with E-state index >= 15 is 0 Å². The largest absolute Gasteiger partial charge is 0.393 e. The van der Waals surface area contributed by atoms with Crippen LogP contribution in [0.1, 0.15) is 5.56 Å². The van der Waals surface area contributed by atoms with Gasteiger partial charge in [0, 0.05) is 18.0 Å². The van der Waals surface area contributed by atoms with Crippen molar-refractivity contribution >= 4 is 28.1 Å². The number of pyridine rings is 1. The number of para-hydroxylation sites is 1. The summed E-state index contributed by atoms with van der Waals surface area (Å²) >= 11 is 4.85. The summed E-state index contributed by atoms with van der Waals surface area (Å²) in [6.45, 7) is 0. The Labute approximate surface area is 87.8 Å². The standard InChI is InChI=1S/C11H10N2S/c12-11(14)6-8-5-9-3-1-2-4-10(9)13-7-8/h1-5,7H,6H2,(H2,12,14). The maximum absolute atomic E-state index is 5.47. The molecular formula is C11H10N2S. The van der Waals surface area contributed by atoms with Gasteiger partial charge in [-0.2, -0.15) is 0 Å². The van der Waals surface area contributed by atoms with E-state index in [0.717, 1.165) is 16.5 Å². The summed E-state index contributed by atoms with van der Waals surface area (Å²) in [5.74, 6) is 0. The van der Waals surface area contributed by atoms with Crippen LogP contribution >= 0.6 is 12.2 Å². The summed E-state index contributed by atoms with van der Waals surface area (Å²) < 4.78 is 0. The van der Waals surface area contributed by atoms with Crippen LogP contribution in [0.25, 0.3) is 10.9 Å². The molecule has 2 aromatic rings. The molecule has 2 nitrogen and oxygen atoms in total. The van der Waals surface area contributed by atoms with Crippen LogP contribution in [0.4, 0.5) is 0 Å². The first-order chi connectivity index (χ1) is 6.75. The molecule has 1 heterocycles. The van der Waals surface area contributed by atoms with E-state index in [9.17, 15) is 0 Å². The summed E-state index contributed by atoms with van der Waals surface area (Å²) in [5, 5.41) is 1.13. The smallest absolute Gasteiger partial charge is 0.0772 e. The summed E-state index contributed by atoms with van der Waals surface area (Å²) in [4.78, 5) is 4.82. The van der Waals surface area contributed by atoms with Gasteiger partial charge in [0.05, 0.1) is 10.5 Å². The molecular weight excluding hydrogens is 192 g/mol. The molecule has 70 valence electrons. The van der Waals surface area contributed by atoms with Crippen molar-refractivity contribution in [3.05, 3.63) is 42.1 Å². The Morgan fingerprint density at radius 1 is 1.36 bits per heavy atom. The van der Waals surface area contributed by atoms with Gasteiger partial charge in [-0.15, -0.1) is 0 Å². The molecule has 2 rings (SSSR count). The number of hydrogen-bond donors (Lipinski definition) is 1. The van der Waals surface area contributed by atoms with Gasteiger partial charge in [-0.3, -0.25) is 4.98 Å². The molecule has 3 heteroatoms. The Balaban J connectivity index is 2.46. The molecule has 0 bridgehead atoms. The molecule has 1 aromatic carbocycles. The van der Waals surface area contributed by atoms with E-state index in [1.165, 1.54) is 0 Å². The number of rotatable bonds is 2. The Hall–Kier alpha value is -1.48. The van der Waals surface area contributed by atoms with Crippen LogP contribution in [0.3, 0.4) is 0 Å². The van der Waals surface area contributed by atoms with Crippen LogP contribution in [0.2, 0.25) is 0 Å². The zero-order valence-electron chi connectivity index (χ0n) is 7.60. The van der Waals surface area contributed by atoms with Crippen LogP contribution in [-0.4, -0.2) is 9.97 Å². The van der Waals surface area contributed by atoms with Gasteiger partial charge in [-0.05, 0) is 17.7 Å². The van der Waals surface area contributed by atoms with Crippen molar-refractivity contribution in [2.75, 3.05) is 0 Å². The van der Waals surface area contributed by atoms with E-state index in [0.29, 0.717) is 11.4 Å². The summed E-state index contributed by atoms with van der Waals surface area (Å²) in [5.41, 5.74) is 7.54. The van der Waals surface area contributed by atoms with E-state index in [4.69, 9.17) is 18.0 Å². The van der Waals surface area contributed by atoms with Gasteiger partial charge in [0.1, 0.15) is 0 Å². The molecule has 1 aromatic heterocycles. The van der Waals surface area contributed by atoms with Gasteiger partial charge in [-0.25, -0.2) is 0 Å². The minimum atomic E-state index is 0.502. The first kappa shape index (κ1) is 9.09. The molecule has 0 saturated heterocycles. The SMILES string of the molecule is NC(=S)Cc1cnc2ccccc2c1. The van der Waals surface area contributed by atoms with Crippen LogP contribution in [0, 0.1) is 0 Å². The molecule has 0 aliphatic heterocycles. The quantitative estimate of drug-likeness (QED) is 0.758. The third-order valence-corrected chi connectivity index (χ3v) is 2.17. The average Bonchev–Trinajstić information content (AvgIpc) is 2.17. The molecule has 0 atom stereocenters. The molecule has 0 amide bonds. The molecule has 0 unspecified atom stereocenters. The summed E-state index contributed by atoms with van der Waals surface area (Å²) in [6, 6.07) is 10.1. The van der Waals surface area contributed by atoms with Gasteiger partial charge in [-0.1, -0.05) is 30.4 Å². The van der Waals surface area contributed by atoms with Gasteiger partial charge in [0.15, 0.2) is 0 Å². The number of fused-ring (bicyclic) bond motifs is 1. The molecule has 0 saturated carbocycles. The number of thiocarbonyl (C=S) groups is 1. The van der Waals surface area contributed by atoms with Gasteiger partial charge >= 0.3 is 0 Å². The Kier molecular flexibility index (Phi) is 2.41. The first-order valence-electron chi connectivity index (χ1n) is 4.38. The highest BCUT2D eigenvalue weighted by Gasteiger charge is 1.98. The van der Waals surface area contributed by atoms with E-state index in [1.807, 2.05) is 30.5 Å². The number of benzene rings is 1. The lowest BCUT2D eigenvalue weighted by Crippen LogP contribution is -2.11. The Morgan fingerprint density at radius 2 is 2.14 bits per heavy atom. The van der Waals surface area contributed by atoms with Crippen LogP contribution in [-0.2, 0) is 6.42 Å². The molecule has 0 radical (unpaired) electrons. The predicted molar refractivity (Wildman–Crippen MR) is 62.2 cm³/mol. The lowest BCUT2D eigenvalue weighted by atomic mass is 10.1. The zero-order chi connectivity index (χ0) is 9.97. The van der Waals surface area contributed by atoms with Gasteiger partial charge in [0.25, 0.3) is 0 Å². The van der Waals surface area contributed by atoms with E-state index in [1.54, 1.807) is 0 Å². The summed E-state index contributed by atoms with van der Waals surface area (Å²) in [7, 11) is 0. The third kappa shape index (κ3) is 1.88. The summed E-state index contributed by atoms with van der Waals surface area (Å²) in [6.07, 6.45) is 2.44. The highest BCUT2D eigenvalue weighted by Crippen LogP contribution is 2.12. The molecule has 14 heavy (non-hydrogen) atoms. The highest BCUT2D eigenvalue weighted by molar-refractivity contribution is 7.80. The van der Waals surface area contributed by atoms with Crippen molar-refractivity contribution in [1.29, 1.82) is 0 Å². The van der Waals surface area contributed by atoms with E-state index in [2.05, 4.69) is 11.1 Å². The number of aromatic nitrogens is 1. The Morgan fingerprint density at radius 3 is 2.93 bits per heavy atom. The van der Waals surface area contributed by atoms with Crippen LogP contribution < -0.4 is 5.73 Å². The fourth-order valence-electron chi connectivity index (χ4n) is 1.41. The number of hydrogen-bond acceptors (Lipinski definition) is 2. The number of nitrogens with two attached hydrogens (primary N) is 1. The number of nitrogens with zero attached hydrogens (tertiary/aromatic N) is 1. The third-order valence-electron chi connectivity index (χ3n) is 2.03. The van der Waals surface area contributed by atoms with E-state index < -0.39 is 0 Å². The minimum Gasteiger partial charge on any atom is -0.393 e. The van der Waals surface area contributed by atoms with Gasteiger partial charge < -0.3 is 5.73 Å². The fourth-order valence-corrected chi connectivity index (χ4v) is 1.58. The Bertz CT molecular complexity index is 479. The molecule has 0 aliphatic rings. The van der Waals surface area contributed by atoms with Crippen LogP contribution in [0.15, 0.2) is 36.5 Å². The second-order valence-electron chi connectivity index (χ2n) is 3.18. The second kappa shape index (κ2) is 3.72. The topological polar surface area (TPSA) is 38.9 Å². The van der Waals surface area contributed by atoms with Gasteiger partial charge in [0.2, 0.25) is 0 Å². The fraction of sp³-hybridized carbons (Fsp3) is 0.0909. The zero-order valence-corrected chi connectivity index (χ0v) is 8.42. The highest BCUT2D eigenvalue weighted by atomic mass is 32.1. The lowest BCUT2D eigenvalue weighted by Gasteiger charge is -2.01. The predicted octanol–water partition coefficient (Wildman–Crippen LogP) is 2.06. The van der Waals surface area contributed by atoms with E-state index in [-0.39, 0.29) is 0 Å². The van der Waals surface area contributed by atoms with Crippen molar-refractivity contribution in [1.82, 2.24) is 4.98 Å². The molecule has 0 fully saturated rings. The van der Waals surface area contributed by atoms with Crippen LogP contribution in [0.5, 0.6) is 0 Å².